The van der Waals surface area contributed by atoms with Gasteiger partial charge >= 0.3 is 12.0 Å². The van der Waals surface area contributed by atoms with E-state index in [1.165, 1.54) is 0 Å². The van der Waals surface area contributed by atoms with Crippen LogP contribution in [0.15, 0.2) is 18.2 Å². The highest BCUT2D eigenvalue weighted by Gasteiger charge is 2.29. The van der Waals surface area contributed by atoms with Gasteiger partial charge in [0.2, 0.25) is 5.91 Å². The minimum absolute atomic E-state index is 0.0399. The van der Waals surface area contributed by atoms with E-state index in [0.717, 1.165) is 18.4 Å². The number of hydrogen-bond donors (Lipinski definition) is 2. The molecule has 8 nitrogen and oxygen atoms in total. The van der Waals surface area contributed by atoms with Crippen LogP contribution >= 0.6 is 0 Å². The molecule has 0 saturated heterocycles. The number of rotatable bonds is 6. The number of nitrogens with one attached hydrogen (secondary N) is 2. The number of carbonyl (C=O) groups is 3. The second kappa shape index (κ2) is 8.75. The predicted molar refractivity (Wildman–Crippen MR) is 98.3 cm³/mol. The van der Waals surface area contributed by atoms with Crippen LogP contribution in [0, 0.1) is 5.92 Å². The van der Waals surface area contributed by atoms with Crippen LogP contribution in [0.5, 0.6) is 5.75 Å². The Kier molecular flexibility index (Phi) is 6.16. The first-order valence-electron chi connectivity index (χ1n) is 9.32. The van der Waals surface area contributed by atoms with Crippen LogP contribution in [0.3, 0.4) is 0 Å². The van der Waals surface area contributed by atoms with Crippen molar-refractivity contribution in [1.29, 1.82) is 0 Å². The van der Waals surface area contributed by atoms with Gasteiger partial charge in [0.15, 0.2) is 0 Å². The number of hydrogen-bond acceptors (Lipinski definition) is 5. The number of esters is 1. The van der Waals surface area contributed by atoms with Gasteiger partial charge in [-0.15, -0.1) is 0 Å². The van der Waals surface area contributed by atoms with E-state index in [2.05, 4.69) is 10.6 Å². The van der Waals surface area contributed by atoms with Crippen LogP contribution in [0.25, 0.3) is 0 Å². The maximum absolute atomic E-state index is 12.4. The zero-order valence-corrected chi connectivity index (χ0v) is 15.5. The highest BCUT2D eigenvalue weighted by molar-refractivity contribution is 5.94. The smallest absolute Gasteiger partial charge is 0.317 e. The summed E-state index contributed by atoms with van der Waals surface area (Å²) in [4.78, 5) is 37.3. The fourth-order valence-corrected chi connectivity index (χ4v) is 2.85. The van der Waals surface area contributed by atoms with Crippen molar-refractivity contribution in [3.8, 4) is 5.75 Å². The molecule has 1 aromatic carbocycles. The summed E-state index contributed by atoms with van der Waals surface area (Å²) in [5.41, 5.74) is 1.54. The van der Waals surface area contributed by atoms with Gasteiger partial charge in [-0.1, -0.05) is 0 Å². The summed E-state index contributed by atoms with van der Waals surface area (Å²) >= 11 is 0. The summed E-state index contributed by atoms with van der Waals surface area (Å²) in [7, 11) is 0. The summed E-state index contributed by atoms with van der Waals surface area (Å²) in [5, 5.41) is 5.64. The number of benzene rings is 1. The Hall–Kier alpha value is -2.77. The highest BCUT2D eigenvalue weighted by atomic mass is 16.5. The van der Waals surface area contributed by atoms with Crippen molar-refractivity contribution in [2.45, 2.75) is 32.7 Å². The van der Waals surface area contributed by atoms with Gasteiger partial charge in [0, 0.05) is 23.7 Å². The Balaban J connectivity index is 1.57. The van der Waals surface area contributed by atoms with E-state index in [4.69, 9.17) is 9.47 Å². The van der Waals surface area contributed by atoms with Crippen LogP contribution in [0.1, 0.15) is 31.7 Å². The summed E-state index contributed by atoms with van der Waals surface area (Å²) in [6.45, 7) is 3.47. The van der Waals surface area contributed by atoms with Crippen molar-refractivity contribution >= 4 is 23.6 Å². The lowest BCUT2D eigenvalue weighted by Gasteiger charge is -2.20. The first-order valence-corrected chi connectivity index (χ1v) is 9.32. The number of urea groups is 1. The summed E-state index contributed by atoms with van der Waals surface area (Å²) in [6.07, 6.45) is 2.02. The largest absolute Gasteiger partial charge is 0.491 e. The van der Waals surface area contributed by atoms with E-state index in [9.17, 15) is 14.4 Å². The number of ether oxygens (including phenoxy) is 2. The van der Waals surface area contributed by atoms with Crippen molar-refractivity contribution in [2.24, 2.45) is 5.92 Å². The Morgan fingerprint density at radius 1 is 1.30 bits per heavy atom. The fourth-order valence-electron chi connectivity index (χ4n) is 2.85. The molecule has 2 aliphatic rings. The normalized spacial score (nSPS) is 15.8. The summed E-state index contributed by atoms with van der Waals surface area (Å²) < 4.78 is 10.6. The first-order chi connectivity index (χ1) is 13.1. The zero-order chi connectivity index (χ0) is 19.2. The van der Waals surface area contributed by atoms with Gasteiger partial charge in [0.1, 0.15) is 12.4 Å². The molecule has 3 amide bonds. The molecule has 0 aromatic heterocycles. The van der Waals surface area contributed by atoms with Crippen molar-refractivity contribution in [3.63, 3.8) is 0 Å². The number of anilines is 1. The van der Waals surface area contributed by atoms with Gasteiger partial charge in [-0.05, 0) is 38.0 Å². The Labute approximate surface area is 158 Å². The summed E-state index contributed by atoms with van der Waals surface area (Å²) in [6, 6.07) is 5.22. The number of fused-ring (bicyclic) bond motifs is 1. The fraction of sp³-hybridized carbons (Fsp3) is 0.526. The van der Waals surface area contributed by atoms with Crippen molar-refractivity contribution in [3.05, 3.63) is 23.8 Å². The molecule has 1 fully saturated rings. The molecule has 8 heteroatoms. The Morgan fingerprint density at radius 3 is 2.85 bits per heavy atom. The molecular formula is C19H25N3O5. The molecule has 0 bridgehead atoms. The van der Waals surface area contributed by atoms with E-state index in [-0.39, 0.29) is 36.8 Å². The molecule has 0 unspecified atom stereocenters. The average molecular weight is 375 g/mol. The predicted octanol–water partition coefficient (Wildman–Crippen LogP) is 1.89. The van der Waals surface area contributed by atoms with Gasteiger partial charge < -0.3 is 25.0 Å². The molecule has 0 spiro atoms. The van der Waals surface area contributed by atoms with E-state index in [0.29, 0.717) is 37.7 Å². The van der Waals surface area contributed by atoms with Gasteiger partial charge in [0.25, 0.3) is 0 Å². The third kappa shape index (κ3) is 5.35. The van der Waals surface area contributed by atoms with E-state index in [1.54, 1.807) is 11.8 Å². The van der Waals surface area contributed by atoms with Gasteiger partial charge in [-0.2, -0.15) is 0 Å². The molecule has 1 aliphatic heterocycles. The molecule has 146 valence electrons. The molecule has 1 saturated carbocycles. The molecule has 3 rings (SSSR count). The third-order valence-corrected chi connectivity index (χ3v) is 4.45. The Bertz CT molecular complexity index is 717. The highest BCUT2D eigenvalue weighted by Crippen LogP contribution is 2.31. The monoisotopic (exact) mass is 375 g/mol. The maximum atomic E-state index is 12.4. The number of nitrogens with zero attached hydrogens (tertiary/aromatic N) is 1. The van der Waals surface area contributed by atoms with Crippen LogP contribution in [0.4, 0.5) is 10.5 Å². The minimum Gasteiger partial charge on any atom is -0.491 e. The van der Waals surface area contributed by atoms with Crippen LogP contribution in [-0.4, -0.2) is 49.1 Å². The molecule has 0 atom stereocenters. The Morgan fingerprint density at radius 2 is 2.11 bits per heavy atom. The lowest BCUT2D eigenvalue weighted by Crippen LogP contribution is -2.41. The summed E-state index contributed by atoms with van der Waals surface area (Å²) in [5.74, 6) is 0.541. The number of carbonyl (C=O) groups excluding carboxylic acids is 3. The van der Waals surface area contributed by atoms with Crippen molar-refractivity contribution in [1.82, 2.24) is 10.2 Å². The molecule has 0 radical (unpaired) electrons. The SMILES string of the molecule is CCOC(=O)CCNC(=O)N1CCOc2ccc(NC(=O)C3CC3)cc2C1. The molecule has 27 heavy (non-hydrogen) atoms. The first kappa shape index (κ1) is 19.0. The average Bonchev–Trinajstić information content (AvgIpc) is 3.48. The standard InChI is InChI=1S/C19H25N3O5/c1-2-26-17(23)7-8-20-19(25)22-9-10-27-16-6-5-15(11-14(16)12-22)21-18(24)13-3-4-13/h5-6,11,13H,2-4,7-10,12H2,1H3,(H,20,25)(H,21,24). The minimum atomic E-state index is -0.335. The van der Waals surface area contributed by atoms with E-state index in [1.807, 2.05) is 18.2 Å². The van der Waals surface area contributed by atoms with Crippen LogP contribution < -0.4 is 15.4 Å². The van der Waals surface area contributed by atoms with Crippen molar-refractivity contribution < 1.29 is 23.9 Å². The van der Waals surface area contributed by atoms with Gasteiger partial charge in [-0.3, -0.25) is 9.59 Å². The molecule has 1 aromatic rings. The van der Waals surface area contributed by atoms with Crippen molar-refractivity contribution in [2.75, 3.05) is 31.6 Å². The van der Waals surface area contributed by atoms with Gasteiger partial charge in [-0.25, -0.2) is 4.79 Å². The van der Waals surface area contributed by atoms with Crippen LogP contribution in [-0.2, 0) is 20.9 Å². The molecule has 2 N–H and O–H groups in total. The second-order valence-electron chi connectivity index (χ2n) is 6.64. The quantitative estimate of drug-likeness (QED) is 0.740. The third-order valence-electron chi connectivity index (χ3n) is 4.45. The zero-order valence-electron chi connectivity index (χ0n) is 15.5. The molecular weight excluding hydrogens is 350 g/mol. The molecule has 1 heterocycles. The number of amides is 3. The molecule has 1 aliphatic carbocycles. The van der Waals surface area contributed by atoms with E-state index < -0.39 is 0 Å². The van der Waals surface area contributed by atoms with Gasteiger partial charge in [0.05, 0.1) is 26.1 Å². The lowest BCUT2D eigenvalue weighted by atomic mass is 10.1. The second-order valence-corrected chi connectivity index (χ2v) is 6.64. The maximum Gasteiger partial charge on any atom is 0.317 e. The van der Waals surface area contributed by atoms with Crippen LogP contribution in [0.2, 0.25) is 0 Å². The van der Waals surface area contributed by atoms with E-state index >= 15 is 0 Å². The lowest BCUT2D eigenvalue weighted by molar-refractivity contribution is -0.142. The topological polar surface area (TPSA) is 97.0 Å².